The van der Waals surface area contributed by atoms with Crippen molar-refractivity contribution in [1.82, 2.24) is 24.9 Å². The topological polar surface area (TPSA) is 69.6 Å². The van der Waals surface area contributed by atoms with Gasteiger partial charge in [0.05, 0.1) is 5.69 Å². The molecule has 1 saturated carbocycles. The molecule has 118 valence electrons. The fraction of sp³-hybridized carbons (Fsp3) is 0.412. The van der Waals surface area contributed by atoms with Crippen LogP contribution in [-0.2, 0) is 6.54 Å². The molecule has 3 aromatic rings. The van der Waals surface area contributed by atoms with Gasteiger partial charge in [-0.3, -0.25) is 9.67 Å². The molecule has 3 heterocycles. The van der Waals surface area contributed by atoms with Crippen molar-refractivity contribution in [2.45, 2.75) is 44.6 Å². The quantitative estimate of drug-likeness (QED) is 0.738. The summed E-state index contributed by atoms with van der Waals surface area (Å²) in [5.41, 5.74) is 1.71. The van der Waals surface area contributed by atoms with E-state index in [9.17, 15) is 0 Å². The summed E-state index contributed by atoms with van der Waals surface area (Å²) in [6.45, 7) is 0.517. The molecule has 3 aromatic heterocycles. The lowest BCUT2D eigenvalue weighted by Crippen LogP contribution is -2.06. The fourth-order valence-electron chi connectivity index (χ4n) is 3.09. The summed E-state index contributed by atoms with van der Waals surface area (Å²) in [5, 5.41) is 8.64. The van der Waals surface area contributed by atoms with Gasteiger partial charge >= 0.3 is 0 Å². The van der Waals surface area contributed by atoms with E-state index in [0.29, 0.717) is 18.3 Å². The second-order valence-corrected chi connectivity index (χ2v) is 6.00. The third kappa shape index (κ3) is 3.16. The smallest absolute Gasteiger partial charge is 0.229 e. The molecule has 23 heavy (non-hydrogen) atoms. The van der Waals surface area contributed by atoms with Crippen LogP contribution in [0.25, 0.3) is 11.4 Å². The molecule has 0 bridgehead atoms. The van der Waals surface area contributed by atoms with E-state index in [1.54, 1.807) is 6.20 Å². The first-order valence-corrected chi connectivity index (χ1v) is 8.16. The van der Waals surface area contributed by atoms with Crippen LogP contribution in [0.1, 0.15) is 49.7 Å². The lowest BCUT2D eigenvalue weighted by atomic mass is 9.89. The molecule has 0 N–H and O–H groups in total. The van der Waals surface area contributed by atoms with Gasteiger partial charge < -0.3 is 4.52 Å². The summed E-state index contributed by atoms with van der Waals surface area (Å²) in [7, 11) is 0. The number of hydrogen-bond acceptors (Lipinski definition) is 5. The fourth-order valence-corrected chi connectivity index (χ4v) is 3.09. The van der Waals surface area contributed by atoms with Gasteiger partial charge in [-0.15, -0.1) is 0 Å². The zero-order chi connectivity index (χ0) is 15.5. The predicted octanol–water partition coefficient (Wildman–Crippen LogP) is 3.42. The Morgan fingerprint density at radius 1 is 1.09 bits per heavy atom. The molecule has 4 rings (SSSR count). The van der Waals surface area contributed by atoms with Crippen molar-refractivity contribution in [3.8, 4) is 11.4 Å². The van der Waals surface area contributed by atoms with Crippen LogP contribution >= 0.6 is 0 Å². The Hall–Kier alpha value is -2.50. The summed E-state index contributed by atoms with van der Waals surface area (Å²) >= 11 is 0. The highest BCUT2D eigenvalue weighted by Crippen LogP contribution is 2.31. The molecule has 1 aliphatic carbocycles. The largest absolute Gasteiger partial charge is 0.339 e. The maximum atomic E-state index is 5.45. The Labute approximate surface area is 134 Å². The zero-order valence-electron chi connectivity index (χ0n) is 12.9. The zero-order valence-corrected chi connectivity index (χ0v) is 12.9. The normalized spacial score (nSPS) is 15.8. The average molecular weight is 309 g/mol. The second kappa shape index (κ2) is 6.32. The lowest BCUT2D eigenvalue weighted by molar-refractivity contribution is 0.311. The third-order valence-electron chi connectivity index (χ3n) is 4.31. The van der Waals surface area contributed by atoms with Crippen LogP contribution in [-0.4, -0.2) is 24.9 Å². The van der Waals surface area contributed by atoms with Crippen molar-refractivity contribution in [3.63, 3.8) is 0 Å². The van der Waals surface area contributed by atoms with Crippen molar-refractivity contribution < 1.29 is 4.52 Å². The standard InChI is InChI=1S/C17H19N5O/c1-2-6-13(7-3-1)17-19-16(21-23-17)12-22-11-9-15(20-22)14-8-4-5-10-18-14/h4-5,8-11,13H,1-3,6-7,12H2. The van der Waals surface area contributed by atoms with Crippen LogP contribution in [0.3, 0.4) is 0 Å². The first-order valence-electron chi connectivity index (χ1n) is 8.16. The summed E-state index contributed by atoms with van der Waals surface area (Å²) < 4.78 is 7.27. The second-order valence-electron chi connectivity index (χ2n) is 6.00. The van der Waals surface area contributed by atoms with Crippen LogP contribution in [0, 0.1) is 0 Å². The highest BCUT2D eigenvalue weighted by Gasteiger charge is 2.21. The van der Waals surface area contributed by atoms with Crippen LogP contribution in [0.4, 0.5) is 0 Å². The lowest BCUT2D eigenvalue weighted by Gasteiger charge is -2.17. The molecule has 0 unspecified atom stereocenters. The summed E-state index contributed by atoms with van der Waals surface area (Å²) in [5.74, 6) is 1.91. The van der Waals surface area contributed by atoms with Crippen LogP contribution in [0.2, 0.25) is 0 Å². The van der Waals surface area contributed by atoms with Crippen molar-refractivity contribution in [3.05, 3.63) is 48.4 Å². The van der Waals surface area contributed by atoms with Gasteiger partial charge in [0.25, 0.3) is 0 Å². The Kier molecular flexibility index (Phi) is 3.88. The van der Waals surface area contributed by atoms with E-state index in [4.69, 9.17) is 4.52 Å². The number of hydrogen-bond donors (Lipinski definition) is 0. The molecule has 0 saturated heterocycles. The SMILES string of the molecule is c1ccc(-c2ccn(Cc3noc(C4CCCCC4)n3)n2)nc1. The molecule has 1 fully saturated rings. The number of nitrogens with zero attached hydrogens (tertiary/aromatic N) is 5. The maximum Gasteiger partial charge on any atom is 0.229 e. The van der Waals surface area contributed by atoms with E-state index >= 15 is 0 Å². The Morgan fingerprint density at radius 3 is 2.83 bits per heavy atom. The molecular formula is C17H19N5O. The molecule has 0 atom stereocenters. The molecule has 1 aliphatic rings. The van der Waals surface area contributed by atoms with E-state index in [1.807, 2.05) is 35.1 Å². The minimum atomic E-state index is 0.437. The van der Waals surface area contributed by atoms with E-state index < -0.39 is 0 Å². The van der Waals surface area contributed by atoms with Gasteiger partial charge in [-0.05, 0) is 31.0 Å². The predicted molar refractivity (Wildman–Crippen MR) is 84.7 cm³/mol. The van der Waals surface area contributed by atoms with Gasteiger partial charge in [0.2, 0.25) is 5.89 Å². The van der Waals surface area contributed by atoms with Crippen LogP contribution in [0.5, 0.6) is 0 Å². The van der Waals surface area contributed by atoms with Gasteiger partial charge in [-0.2, -0.15) is 10.1 Å². The minimum Gasteiger partial charge on any atom is -0.339 e. The molecule has 6 nitrogen and oxygen atoms in total. The molecular weight excluding hydrogens is 290 g/mol. The molecule has 0 amide bonds. The maximum absolute atomic E-state index is 5.45. The highest BCUT2D eigenvalue weighted by atomic mass is 16.5. The molecule has 0 spiro atoms. The van der Waals surface area contributed by atoms with Crippen molar-refractivity contribution in [1.29, 1.82) is 0 Å². The van der Waals surface area contributed by atoms with Crippen molar-refractivity contribution in [2.75, 3.05) is 0 Å². The van der Waals surface area contributed by atoms with E-state index in [2.05, 4.69) is 20.2 Å². The van der Waals surface area contributed by atoms with E-state index in [0.717, 1.165) is 30.1 Å². The van der Waals surface area contributed by atoms with Gasteiger partial charge in [-0.25, -0.2) is 0 Å². The number of rotatable bonds is 4. The van der Waals surface area contributed by atoms with Crippen molar-refractivity contribution >= 4 is 0 Å². The molecule has 6 heteroatoms. The molecule has 0 aliphatic heterocycles. The first-order chi connectivity index (χ1) is 11.4. The average Bonchev–Trinajstić information content (AvgIpc) is 3.27. The molecule has 0 aromatic carbocycles. The van der Waals surface area contributed by atoms with E-state index in [-0.39, 0.29) is 0 Å². The summed E-state index contributed by atoms with van der Waals surface area (Å²) in [6.07, 6.45) is 9.84. The van der Waals surface area contributed by atoms with Gasteiger partial charge in [0.15, 0.2) is 5.82 Å². The Bertz CT molecular complexity index is 758. The highest BCUT2D eigenvalue weighted by molar-refractivity contribution is 5.52. The van der Waals surface area contributed by atoms with E-state index in [1.165, 1.54) is 19.3 Å². The van der Waals surface area contributed by atoms with Gasteiger partial charge in [0, 0.05) is 18.3 Å². The number of pyridine rings is 1. The Morgan fingerprint density at radius 2 is 2.00 bits per heavy atom. The van der Waals surface area contributed by atoms with Crippen molar-refractivity contribution in [2.24, 2.45) is 0 Å². The monoisotopic (exact) mass is 309 g/mol. The van der Waals surface area contributed by atoms with Crippen LogP contribution < -0.4 is 0 Å². The summed E-state index contributed by atoms with van der Waals surface area (Å²) in [4.78, 5) is 8.87. The minimum absolute atomic E-state index is 0.437. The first kappa shape index (κ1) is 14.1. The number of aromatic nitrogens is 5. The summed E-state index contributed by atoms with van der Waals surface area (Å²) in [6, 6.07) is 7.75. The third-order valence-corrected chi connectivity index (χ3v) is 4.31. The van der Waals surface area contributed by atoms with Gasteiger partial charge in [-0.1, -0.05) is 30.5 Å². The molecule has 0 radical (unpaired) electrons. The van der Waals surface area contributed by atoms with Crippen LogP contribution in [0.15, 0.2) is 41.2 Å². The Balaban J connectivity index is 1.46. The van der Waals surface area contributed by atoms with Gasteiger partial charge in [0.1, 0.15) is 12.2 Å².